The highest BCUT2D eigenvalue weighted by Gasteiger charge is 2.22. The van der Waals surface area contributed by atoms with Gasteiger partial charge in [0.1, 0.15) is 5.82 Å². The molecule has 29 heavy (non-hydrogen) atoms. The first-order valence-electron chi connectivity index (χ1n) is 10.3. The number of aryl methyl sites for hydroxylation is 1. The zero-order chi connectivity index (χ0) is 20.1. The Labute approximate surface area is 171 Å². The van der Waals surface area contributed by atoms with E-state index in [2.05, 4.69) is 59.5 Å². The molecule has 0 radical (unpaired) electrons. The molecule has 4 rings (SSSR count). The molecular weight excluding hydrogens is 360 g/mol. The number of nitrogens with zero attached hydrogens (tertiary/aromatic N) is 2. The maximum Gasteiger partial charge on any atom is 0.303 e. The van der Waals surface area contributed by atoms with Gasteiger partial charge >= 0.3 is 5.97 Å². The first-order valence-corrected chi connectivity index (χ1v) is 10.3. The highest BCUT2D eigenvalue weighted by molar-refractivity contribution is 5.83. The fourth-order valence-corrected chi connectivity index (χ4v) is 4.02. The summed E-state index contributed by atoms with van der Waals surface area (Å²) in [4.78, 5) is 18.3. The number of aromatic nitrogens is 1. The second-order valence-corrected chi connectivity index (χ2v) is 7.54. The average Bonchev–Trinajstić information content (AvgIpc) is 2.77. The molecule has 0 atom stereocenters. The predicted molar refractivity (Wildman–Crippen MR) is 117 cm³/mol. The molecule has 0 amide bonds. The maximum atomic E-state index is 10.8. The summed E-state index contributed by atoms with van der Waals surface area (Å²) in [5.41, 5.74) is 5.76. The third-order valence-corrected chi connectivity index (χ3v) is 5.45. The summed E-state index contributed by atoms with van der Waals surface area (Å²) < 4.78 is 0. The topological polar surface area (TPSA) is 53.4 Å². The van der Waals surface area contributed by atoms with Crippen LogP contribution in [0.2, 0.25) is 0 Å². The van der Waals surface area contributed by atoms with Gasteiger partial charge in [-0.15, -0.1) is 0 Å². The van der Waals surface area contributed by atoms with Gasteiger partial charge in [-0.3, -0.25) is 4.79 Å². The van der Waals surface area contributed by atoms with Crippen molar-refractivity contribution in [3.8, 4) is 22.4 Å². The zero-order valence-corrected chi connectivity index (χ0v) is 16.6. The number of fused-ring (bicyclic) bond motifs is 1. The van der Waals surface area contributed by atoms with Crippen molar-refractivity contribution >= 4 is 11.8 Å². The van der Waals surface area contributed by atoms with Gasteiger partial charge in [-0.1, -0.05) is 60.7 Å². The number of hydrogen-bond donors (Lipinski definition) is 1. The molecule has 1 aliphatic rings. The lowest BCUT2D eigenvalue weighted by Crippen LogP contribution is -2.31. The number of carboxylic acid groups (broad SMARTS) is 1. The SMILES string of the molecule is O=C(O)CCCCN1CCCc2cc(-c3ccccc3)c(-c3ccccc3)nc21. The quantitative estimate of drug-likeness (QED) is 0.551. The lowest BCUT2D eigenvalue weighted by molar-refractivity contribution is -0.137. The summed E-state index contributed by atoms with van der Waals surface area (Å²) in [5, 5.41) is 8.88. The predicted octanol–water partition coefficient (Wildman–Crippen LogP) is 5.42. The van der Waals surface area contributed by atoms with Crippen LogP contribution >= 0.6 is 0 Å². The normalized spacial score (nSPS) is 13.2. The van der Waals surface area contributed by atoms with Crippen LogP contribution in [-0.4, -0.2) is 29.1 Å². The van der Waals surface area contributed by atoms with Crippen molar-refractivity contribution in [2.24, 2.45) is 0 Å². The standard InChI is InChI=1S/C25H26N2O2/c28-23(29)15-7-8-16-27-17-9-14-21-18-22(19-10-3-1-4-11-19)24(26-25(21)27)20-12-5-2-6-13-20/h1-6,10-13,18H,7-9,14-17H2,(H,28,29). The van der Waals surface area contributed by atoms with Gasteiger partial charge in [-0.2, -0.15) is 0 Å². The first kappa shape index (κ1) is 19.2. The average molecular weight is 386 g/mol. The number of carboxylic acids is 1. The molecule has 2 heterocycles. The van der Waals surface area contributed by atoms with Gasteiger partial charge < -0.3 is 10.0 Å². The van der Waals surface area contributed by atoms with Crippen molar-refractivity contribution in [1.82, 2.24) is 4.98 Å². The minimum Gasteiger partial charge on any atom is -0.481 e. The molecule has 4 nitrogen and oxygen atoms in total. The summed E-state index contributed by atoms with van der Waals surface area (Å²) in [5.74, 6) is 0.339. The van der Waals surface area contributed by atoms with E-state index in [1.54, 1.807) is 0 Å². The van der Waals surface area contributed by atoms with Crippen molar-refractivity contribution in [2.45, 2.75) is 32.1 Å². The van der Waals surface area contributed by atoms with Crippen LogP contribution in [0.4, 0.5) is 5.82 Å². The number of pyridine rings is 1. The summed E-state index contributed by atoms with van der Waals surface area (Å²) in [6, 6.07) is 23.1. The Bertz CT molecular complexity index is 971. The molecule has 2 aromatic carbocycles. The van der Waals surface area contributed by atoms with Crippen LogP contribution in [0.3, 0.4) is 0 Å². The first-order chi connectivity index (χ1) is 14.2. The van der Waals surface area contributed by atoms with E-state index >= 15 is 0 Å². The minimum atomic E-state index is -0.721. The summed E-state index contributed by atoms with van der Waals surface area (Å²) >= 11 is 0. The van der Waals surface area contributed by atoms with Crippen LogP contribution in [0.25, 0.3) is 22.4 Å². The number of aliphatic carboxylic acids is 1. The fourth-order valence-electron chi connectivity index (χ4n) is 4.02. The van der Waals surface area contributed by atoms with Gasteiger partial charge in [0.05, 0.1) is 5.69 Å². The van der Waals surface area contributed by atoms with E-state index in [0.717, 1.165) is 49.4 Å². The number of rotatable bonds is 7. The lowest BCUT2D eigenvalue weighted by Gasteiger charge is -2.31. The molecule has 0 bridgehead atoms. The number of anilines is 1. The highest BCUT2D eigenvalue weighted by atomic mass is 16.4. The van der Waals surface area contributed by atoms with Crippen molar-refractivity contribution in [1.29, 1.82) is 0 Å². The third-order valence-electron chi connectivity index (χ3n) is 5.45. The largest absolute Gasteiger partial charge is 0.481 e. The molecule has 148 valence electrons. The second kappa shape index (κ2) is 8.91. The summed E-state index contributed by atoms with van der Waals surface area (Å²) in [7, 11) is 0. The Balaban J connectivity index is 1.71. The van der Waals surface area contributed by atoms with Gasteiger partial charge in [0, 0.05) is 30.6 Å². The van der Waals surface area contributed by atoms with E-state index in [0.29, 0.717) is 6.42 Å². The maximum absolute atomic E-state index is 10.8. The van der Waals surface area contributed by atoms with Gasteiger partial charge in [0.2, 0.25) is 0 Å². The van der Waals surface area contributed by atoms with Gasteiger partial charge in [0.25, 0.3) is 0 Å². The molecule has 0 unspecified atom stereocenters. The second-order valence-electron chi connectivity index (χ2n) is 7.54. The molecule has 0 aliphatic carbocycles. The van der Waals surface area contributed by atoms with Crippen molar-refractivity contribution in [3.05, 3.63) is 72.3 Å². The fraction of sp³-hybridized carbons (Fsp3) is 0.280. The molecule has 1 aliphatic heterocycles. The Hall–Kier alpha value is -3.14. The highest BCUT2D eigenvalue weighted by Crippen LogP contribution is 2.37. The number of carbonyl (C=O) groups is 1. The van der Waals surface area contributed by atoms with E-state index < -0.39 is 5.97 Å². The molecule has 0 saturated carbocycles. The summed E-state index contributed by atoms with van der Waals surface area (Å²) in [6.45, 7) is 1.83. The van der Waals surface area contributed by atoms with Crippen LogP contribution < -0.4 is 4.90 Å². The van der Waals surface area contributed by atoms with Crippen molar-refractivity contribution in [2.75, 3.05) is 18.0 Å². The van der Waals surface area contributed by atoms with Crippen molar-refractivity contribution in [3.63, 3.8) is 0 Å². The summed E-state index contributed by atoms with van der Waals surface area (Å²) in [6.07, 6.45) is 3.94. The van der Waals surface area contributed by atoms with E-state index in [-0.39, 0.29) is 6.42 Å². The Kier molecular flexibility index (Phi) is 5.89. The zero-order valence-electron chi connectivity index (χ0n) is 16.6. The molecule has 0 fully saturated rings. The Morgan fingerprint density at radius 2 is 1.66 bits per heavy atom. The third kappa shape index (κ3) is 4.48. The Morgan fingerprint density at radius 3 is 2.34 bits per heavy atom. The molecule has 0 spiro atoms. The lowest BCUT2D eigenvalue weighted by atomic mass is 9.94. The molecule has 1 N–H and O–H groups in total. The molecule has 0 saturated heterocycles. The van der Waals surface area contributed by atoms with Crippen LogP contribution in [0.1, 0.15) is 31.2 Å². The smallest absolute Gasteiger partial charge is 0.303 e. The Morgan fingerprint density at radius 1 is 0.966 bits per heavy atom. The minimum absolute atomic E-state index is 0.232. The number of hydrogen-bond acceptors (Lipinski definition) is 3. The van der Waals surface area contributed by atoms with E-state index in [9.17, 15) is 4.79 Å². The van der Waals surface area contributed by atoms with Gasteiger partial charge in [-0.05, 0) is 42.9 Å². The molecule has 3 aromatic rings. The van der Waals surface area contributed by atoms with E-state index in [4.69, 9.17) is 10.1 Å². The monoisotopic (exact) mass is 386 g/mol. The van der Waals surface area contributed by atoms with Gasteiger partial charge in [0.15, 0.2) is 0 Å². The van der Waals surface area contributed by atoms with Crippen LogP contribution in [0.15, 0.2) is 66.7 Å². The van der Waals surface area contributed by atoms with Gasteiger partial charge in [-0.25, -0.2) is 4.98 Å². The van der Waals surface area contributed by atoms with Crippen LogP contribution in [-0.2, 0) is 11.2 Å². The molecule has 1 aromatic heterocycles. The van der Waals surface area contributed by atoms with Crippen LogP contribution in [0, 0.1) is 0 Å². The van der Waals surface area contributed by atoms with E-state index in [1.165, 1.54) is 16.7 Å². The molecule has 4 heteroatoms. The van der Waals surface area contributed by atoms with E-state index in [1.807, 2.05) is 12.1 Å². The molecular formula is C25H26N2O2. The number of unbranched alkanes of at least 4 members (excludes halogenated alkanes) is 1. The van der Waals surface area contributed by atoms with Crippen LogP contribution in [0.5, 0.6) is 0 Å². The van der Waals surface area contributed by atoms with Crippen molar-refractivity contribution < 1.29 is 9.90 Å². The number of benzene rings is 2.